The molecule has 0 bridgehead atoms. The molecule has 0 saturated carbocycles. The average Bonchev–Trinajstić information content (AvgIpc) is 2.15. The maximum Gasteiger partial charge on any atom is 0.335 e. The second kappa shape index (κ2) is 4.59. The van der Waals surface area contributed by atoms with Gasteiger partial charge in [-0.05, 0) is 18.2 Å². The van der Waals surface area contributed by atoms with Crippen LogP contribution in [0.15, 0.2) is 18.2 Å². The molecule has 0 aliphatic carbocycles. The summed E-state index contributed by atoms with van der Waals surface area (Å²) in [4.78, 5) is 10.5. The van der Waals surface area contributed by atoms with E-state index in [1.54, 1.807) is 0 Å². The van der Waals surface area contributed by atoms with Gasteiger partial charge < -0.3 is 15.6 Å². The maximum atomic E-state index is 11.8. The zero-order valence-corrected chi connectivity index (χ0v) is 7.61. The van der Waals surface area contributed by atoms with Crippen molar-refractivity contribution in [3.05, 3.63) is 23.8 Å². The molecule has 0 saturated heterocycles. The molecular weight excluding hydrogens is 208 g/mol. The summed E-state index contributed by atoms with van der Waals surface area (Å²) in [5, 5.41) is 8.60. The Morgan fingerprint density at radius 1 is 1.53 bits per heavy atom. The monoisotopic (exact) mass is 217 g/mol. The fourth-order valence-electron chi connectivity index (χ4n) is 0.966. The number of nitrogens with two attached hydrogens (primary N) is 1. The molecule has 0 radical (unpaired) electrons. The van der Waals surface area contributed by atoms with Gasteiger partial charge in [-0.2, -0.15) is 0 Å². The van der Waals surface area contributed by atoms with Crippen LogP contribution in [0.2, 0.25) is 0 Å². The number of halogens is 2. The number of rotatable bonds is 4. The SMILES string of the molecule is Nc1cc(C(=O)O)ccc1OCC(F)F. The molecule has 3 N–H and O–H groups in total. The molecule has 15 heavy (non-hydrogen) atoms. The van der Waals surface area contributed by atoms with Crippen molar-refractivity contribution in [3.8, 4) is 5.75 Å². The number of ether oxygens (including phenoxy) is 1. The number of hydrogen-bond acceptors (Lipinski definition) is 3. The Labute approximate surface area is 84.3 Å². The van der Waals surface area contributed by atoms with Gasteiger partial charge in [0.1, 0.15) is 12.4 Å². The van der Waals surface area contributed by atoms with E-state index in [-0.39, 0.29) is 17.0 Å². The van der Waals surface area contributed by atoms with E-state index in [0.717, 1.165) is 6.07 Å². The van der Waals surface area contributed by atoms with Crippen molar-refractivity contribution in [1.82, 2.24) is 0 Å². The number of benzene rings is 1. The van der Waals surface area contributed by atoms with E-state index in [4.69, 9.17) is 10.8 Å². The lowest BCUT2D eigenvalue weighted by Gasteiger charge is -2.08. The number of carboxylic acids is 1. The molecule has 0 heterocycles. The molecule has 0 spiro atoms. The molecule has 0 atom stereocenters. The summed E-state index contributed by atoms with van der Waals surface area (Å²) in [5.41, 5.74) is 5.42. The number of hydrogen-bond donors (Lipinski definition) is 2. The van der Waals surface area contributed by atoms with Crippen LogP contribution in [0.4, 0.5) is 14.5 Å². The van der Waals surface area contributed by atoms with Crippen molar-refractivity contribution < 1.29 is 23.4 Å². The first-order chi connectivity index (χ1) is 7.00. The van der Waals surface area contributed by atoms with E-state index in [1.807, 2.05) is 0 Å². The predicted octanol–water partition coefficient (Wildman–Crippen LogP) is 1.61. The molecular formula is C9H9F2NO3. The van der Waals surface area contributed by atoms with E-state index in [9.17, 15) is 13.6 Å². The highest BCUT2D eigenvalue weighted by Gasteiger charge is 2.09. The van der Waals surface area contributed by atoms with Crippen LogP contribution in [-0.2, 0) is 0 Å². The molecule has 1 aromatic rings. The van der Waals surface area contributed by atoms with Gasteiger partial charge >= 0.3 is 5.97 Å². The molecule has 6 heteroatoms. The summed E-state index contributed by atoms with van der Waals surface area (Å²) in [6.45, 7) is -0.767. The fourth-order valence-corrected chi connectivity index (χ4v) is 0.966. The fraction of sp³-hybridized carbons (Fsp3) is 0.222. The maximum absolute atomic E-state index is 11.8. The van der Waals surface area contributed by atoms with Crippen molar-refractivity contribution in [2.24, 2.45) is 0 Å². The number of carbonyl (C=O) groups is 1. The van der Waals surface area contributed by atoms with Gasteiger partial charge in [-0.3, -0.25) is 0 Å². The molecule has 1 aromatic carbocycles. The van der Waals surface area contributed by atoms with Gasteiger partial charge in [0.25, 0.3) is 6.43 Å². The third kappa shape index (κ3) is 3.08. The Morgan fingerprint density at radius 2 is 2.20 bits per heavy atom. The molecule has 0 amide bonds. The Balaban J connectivity index is 2.79. The molecule has 82 valence electrons. The summed E-state index contributed by atoms with van der Waals surface area (Å²) in [7, 11) is 0. The number of carboxylic acid groups (broad SMARTS) is 1. The van der Waals surface area contributed by atoms with E-state index in [2.05, 4.69) is 4.74 Å². The lowest BCUT2D eigenvalue weighted by atomic mass is 10.2. The van der Waals surface area contributed by atoms with Crippen molar-refractivity contribution in [2.45, 2.75) is 6.43 Å². The predicted molar refractivity (Wildman–Crippen MR) is 49.3 cm³/mol. The van der Waals surface area contributed by atoms with E-state index >= 15 is 0 Å². The molecule has 4 nitrogen and oxygen atoms in total. The molecule has 0 aliphatic rings. The quantitative estimate of drug-likeness (QED) is 0.751. The van der Waals surface area contributed by atoms with Crippen LogP contribution in [0, 0.1) is 0 Å². The minimum atomic E-state index is -2.59. The van der Waals surface area contributed by atoms with Crippen molar-refractivity contribution in [2.75, 3.05) is 12.3 Å². The van der Waals surface area contributed by atoms with Crippen LogP contribution in [-0.4, -0.2) is 24.1 Å². The minimum Gasteiger partial charge on any atom is -0.485 e. The van der Waals surface area contributed by atoms with Gasteiger partial charge in [0, 0.05) is 0 Å². The van der Waals surface area contributed by atoms with Crippen LogP contribution >= 0.6 is 0 Å². The number of nitrogen functional groups attached to an aromatic ring is 1. The highest BCUT2D eigenvalue weighted by atomic mass is 19.3. The highest BCUT2D eigenvalue weighted by molar-refractivity contribution is 5.89. The van der Waals surface area contributed by atoms with Crippen molar-refractivity contribution in [3.63, 3.8) is 0 Å². The van der Waals surface area contributed by atoms with Gasteiger partial charge in [-0.1, -0.05) is 0 Å². The topological polar surface area (TPSA) is 72.6 Å². The summed E-state index contributed by atoms with van der Waals surface area (Å²) in [5.74, 6) is -1.08. The molecule has 0 fully saturated rings. The normalized spacial score (nSPS) is 10.3. The standard InChI is InChI=1S/C9H9F2NO3/c10-8(11)4-15-7-2-1-5(9(13)14)3-6(7)12/h1-3,8H,4,12H2,(H,13,14). The lowest BCUT2D eigenvalue weighted by Crippen LogP contribution is -2.09. The Kier molecular flexibility index (Phi) is 3.43. The summed E-state index contributed by atoms with van der Waals surface area (Å²) < 4.78 is 28.3. The van der Waals surface area contributed by atoms with E-state index in [0.29, 0.717) is 0 Å². The first-order valence-electron chi connectivity index (χ1n) is 4.04. The zero-order chi connectivity index (χ0) is 11.4. The second-order valence-electron chi connectivity index (χ2n) is 2.76. The number of anilines is 1. The molecule has 0 unspecified atom stereocenters. The summed E-state index contributed by atoms with van der Waals surface area (Å²) >= 11 is 0. The first-order valence-corrected chi connectivity index (χ1v) is 4.04. The Hall–Kier alpha value is -1.85. The third-order valence-electron chi connectivity index (χ3n) is 1.62. The zero-order valence-electron chi connectivity index (χ0n) is 7.61. The van der Waals surface area contributed by atoms with Crippen LogP contribution in [0.25, 0.3) is 0 Å². The molecule has 0 aliphatic heterocycles. The molecule has 0 aromatic heterocycles. The van der Waals surface area contributed by atoms with Crippen LogP contribution in [0.3, 0.4) is 0 Å². The van der Waals surface area contributed by atoms with Crippen molar-refractivity contribution >= 4 is 11.7 Å². The van der Waals surface area contributed by atoms with Gasteiger partial charge in [0.2, 0.25) is 0 Å². The second-order valence-corrected chi connectivity index (χ2v) is 2.76. The minimum absolute atomic E-state index is 0.0168. The number of aromatic carboxylic acids is 1. The van der Waals surface area contributed by atoms with Crippen LogP contribution in [0.5, 0.6) is 5.75 Å². The van der Waals surface area contributed by atoms with Crippen molar-refractivity contribution in [1.29, 1.82) is 0 Å². The first kappa shape index (κ1) is 11.2. The lowest BCUT2D eigenvalue weighted by molar-refractivity contribution is 0.0695. The highest BCUT2D eigenvalue weighted by Crippen LogP contribution is 2.22. The van der Waals surface area contributed by atoms with E-state index < -0.39 is 19.0 Å². The van der Waals surface area contributed by atoms with Gasteiger partial charge in [0.15, 0.2) is 0 Å². The Bertz CT molecular complexity index is 368. The molecule has 1 rings (SSSR count). The van der Waals surface area contributed by atoms with Gasteiger partial charge in [-0.15, -0.1) is 0 Å². The summed E-state index contributed by atoms with van der Waals surface area (Å²) in [6, 6.07) is 3.64. The van der Waals surface area contributed by atoms with E-state index in [1.165, 1.54) is 12.1 Å². The van der Waals surface area contributed by atoms with Gasteiger partial charge in [0.05, 0.1) is 11.3 Å². The third-order valence-corrected chi connectivity index (χ3v) is 1.62. The van der Waals surface area contributed by atoms with Gasteiger partial charge in [-0.25, -0.2) is 13.6 Å². The smallest absolute Gasteiger partial charge is 0.335 e. The largest absolute Gasteiger partial charge is 0.485 e. The Morgan fingerprint density at radius 3 is 2.67 bits per heavy atom. The summed E-state index contributed by atoms with van der Waals surface area (Å²) in [6.07, 6.45) is -2.59. The number of alkyl halides is 2. The van der Waals surface area contributed by atoms with Crippen LogP contribution in [0.1, 0.15) is 10.4 Å². The van der Waals surface area contributed by atoms with Crippen LogP contribution < -0.4 is 10.5 Å². The average molecular weight is 217 g/mol.